The van der Waals surface area contributed by atoms with Gasteiger partial charge in [-0.2, -0.15) is 0 Å². The van der Waals surface area contributed by atoms with Gasteiger partial charge in [-0.25, -0.2) is 4.39 Å². The molecule has 3 rings (SSSR count). The topological polar surface area (TPSA) is 29.1 Å². The monoisotopic (exact) mass is 407 g/mol. The molecule has 0 aliphatic rings. The summed E-state index contributed by atoms with van der Waals surface area (Å²) < 4.78 is 12.9. The molecule has 0 spiro atoms. The van der Waals surface area contributed by atoms with E-state index < -0.39 is 0 Å². The SMILES string of the molecule is O=C(Cc1ccc(-c2ccc(Cl)cc2Cl)s1)NCCc1ccc(F)cc1. The van der Waals surface area contributed by atoms with Crippen molar-refractivity contribution in [2.75, 3.05) is 6.54 Å². The van der Waals surface area contributed by atoms with Gasteiger partial charge in [-0.15, -0.1) is 11.3 Å². The minimum atomic E-state index is -0.257. The fraction of sp³-hybridized carbons (Fsp3) is 0.150. The van der Waals surface area contributed by atoms with Gasteiger partial charge in [0.2, 0.25) is 5.91 Å². The fourth-order valence-electron chi connectivity index (χ4n) is 2.53. The Bertz CT molecular complexity index is 908. The summed E-state index contributed by atoms with van der Waals surface area (Å²) in [5.41, 5.74) is 1.89. The Balaban J connectivity index is 1.53. The average molecular weight is 408 g/mol. The van der Waals surface area contributed by atoms with Crippen molar-refractivity contribution in [1.29, 1.82) is 0 Å². The number of carbonyl (C=O) groups excluding carboxylic acids is 1. The number of amides is 1. The van der Waals surface area contributed by atoms with E-state index in [-0.39, 0.29) is 11.7 Å². The minimum Gasteiger partial charge on any atom is -0.355 e. The molecule has 0 atom stereocenters. The smallest absolute Gasteiger partial charge is 0.225 e. The second kappa shape index (κ2) is 8.67. The van der Waals surface area contributed by atoms with E-state index in [0.29, 0.717) is 29.4 Å². The van der Waals surface area contributed by atoms with Crippen molar-refractivity contribution >= 4 is 40.4 Å². The van der Waals surface area contributed by atoms with E-state index in [4.69, 9.17) is 23.2 Å². The van der Waals surface area contributed by atoms with Crippen molar-refractivity contribution in [3.63, 3.8) is 0 Å². The molecule has 1 aromatic heterocycles. The van der Waals surface area contributed by atoms with E-state index in [1.54, 1.807) is 24.3 Å². The molecule has 6 heteroatoms. The summed E-state index contributed by atoms with van der Waals surface area (Å²) in [6.07, 6.45) is 0.987. The average Bonchev–Trinajstić information content (AvgIpc) is 3.04. The number of hydrogen-bond acceptors (Lipinski definition) is 2. The Kier molecular flexibility index (Phi) is 6.30. The highest BCUT2D eigenvalue weighted by molar-refractivity contribution is 7.15. The first-order valence-corrected chi connectivity index (χ1v) is 9.64. The van der Waals surface area contributed by atoms with Gasteiger partial charge in [-0.05, 0) is 48.4 Å². The van der Waals surface area contributed by atoms with Crippen LogP contribution in [-0.4, -0.2) is 12.5 Å². The predicted molar refractivity (Wildman–Crippen MR) is 107 cm³/mol. The third-order valence-corrected chi connectivity index (χ3v) is 5.51. The summed E-state index contributed by atoms with van der Waals surface area (Å²) in [5.74, 6) is -0.296. The molecule has 1 heterocycles. The molecule has 26 heavy (non-hydrogen) atoms. The number of carbonyl (C=O) groups is 1. The van der Waals surface area contributed by atoms with Crippen molar-refractivity contribution in [3.05, 3.63) is 80.9 Å². The molecule has 0 radical (unpaired) electrons. The van der Waals surface area contributed by atoms with Crippen LogP contribution in [0.1, 0.15) is 10.4 Å². The van der Waals surface area contributed by atoms with E-state index in [0.717, 1.165) is 20.9 Å². The van der Waals surface area contributed by atoms with Crippen LogP contribution in [0.4, 0.5) is 4.39 Å². The molecule has 1 N–H and O–H groups in total. The summed E-state index contributed by atoms with van der Waals surface area (Å²) >= 11 is 13.7. The van der Waals surface area contributed by atoms with Gasteiger partial charge in [0, 0.05) is 26.9 Å². The predicted octanol–water partition coefficient (Wildman–Crippen LogP) is 5.76. The minimum absolute atomic E-state index is 0.0392. The van der Waals surface area contributed by atoms with Gasteiger partial charge in [0.25, 0.3) is 0 Å². The van der Waals surface area contributed by atoms with Crippen molar-refractivity contribution < 1.29 is 9.18 Å². The molecule has 2 aromatic carbocycles. The number of rotatable bonds is 6. The van der Waals surface area contributed by atoms with Crippen molar-refractivity contribution in [2.24, 2.45) is 0 Å². The van der Waals surface area contributed by atoms with Gasteiger partial charge >= 0.3 is 0 Å². The van der Waals surface area contributed by atoms with Crippen molar-refractivity contribution in [1.82, 2.24) is 5.32 Å². The number of halogens is 3. The van der Waals surface area contributed by atoms with E-state index in [9.17, 15) is 9.18 Å². The normalized spacial score (nSPS) is 10.7. The molecule has 0 aliphatic carbocycles. The Labute approximate surface area is 165 Å². The Morgan fingerprint density at radius 2 is 1.81 bits per heavy atom. The van der Waals surface area contributed by atoms with Crippen LogP contribution in [0.5, 0.6) is 0 Å². The Hall–Kier alpha value is -1.88. The first kappa shape index (κ1) is 18.9. The van der Waals surface area contributed by atoms with E-state index in [1.165, 1.54) is 23.5 Å². The maximum absolute atomic E-state index is 12.9. The molecular weight excluding hydrogens is 392 g/mol. The summed E-state index contributed by atoms with van der Waals surface area (Å²) in [7, 11) is 0. The number of nitrogens with one attached hydrogen (secondary N) is 1. The third-order valence-electron chi connectivity index (χ3n) is 3.84. The van der Waals surface area contributed by atoms with Crippen molar-refractivity contribution in [2.45, 2.75) is 12.8 Å². The van der Waals surface area contributed by atoms with Crippen LogP contribution < -0.4 is 5.32 Å². The zero-order valence-corrected chi connectivity index (χ0v) is 16.1. The Morgan fingerprint density at radius 3 is 2.54 bits per heavy atom. The second-order valence-electron chi connectivity index (χ2n) is 5.79. The van der Waals surface area contributed by atoms with Gasteiger partial charge < -0.3 is 5.32 Å². The molecule has 2 nitrogen and oxygen atoms in total. The van der Waals surface area contributed by atoms with Crippen LogP contribution in [0.2, 0.25) is 10.0 Å². The lowest BCUT2D eigenvalue weighted by Gasteiger charge is -2.05. The first-order valence-electron chi connectivity index (χ1n) is 8.06. The van der Waals surface area contributed by atoms with Gasteiger partial charge in [-0.3, -0.25) is 4.79 Å². The number of benzene rings is 2. The summed E-state index contributed by atoms with van der Waals surface area (Å²) in [4.78, 5) is 14.1. The van der Waals surface area contributed by atoms with Crippen LogP contribution in [0.3, 0.4) is 0 Å². The summed E-state index contributed by atoms with van der Waals surface area (Å²) in [6, 6.07) is 15.6. The maximum Gasteiger partial charge on any atom is 0.225 e. The molecule has 3 aromatic rings. The van der Waals surface area contributed by atoms with E-state index in [2.05, 4.69) is 5.32 Å². The zero-order valence-electron chi connectivity index (χ0n) is 13.8. The van der Waals surface area contributed by atoms with Crippen LogP contribution in [-0.2, 0) is 17.6 Å². The summed E-state index contributed by atoms with van der Waals surface area (Å²) in [6.45, 7) is 0.520. The lowest BCUT2D eigenvalue weighted by Crippen LogP contribution is -2.26. The quantitative estimate of drug-likeness (QED) is 0.552. The highest BCUT2D eigenvalue weighted by atomic mass is 35.5. The van der Waals surface area contributed by atoms with Crippen LogP contribution in [0, 0.1) is 5.82 Å². The van der Waals surface area contributed by atoms with Gasteiger partial charge in [0.1, 0.15) is 5.82 Å². The molecule has 0 aliphatic heterocycles. The fourth-order valence-corrected chi connectivity index (χ4v) is 4.14. The summed E-state index contributed by atoms with van der Waals surface area (Å²) in [5, 5.41) is 4.08. The maximum atomic E-state index is 12.9. The van der Waals surface area contributed by atoms with Crippen LogP contribution in [0.25, 0.3) is 10.4 Å². The number of thiophene rings is 1. The highest BCUT2D eigenvalue weighted by Gasteiger charge is 2.10. The van der Waals surface area contributed by atoms with Crippen LogP contribution in [0.15, 0.2) is 54.6 Å². The highest BCUT2D eigenvalue weighted by Crippen LogP contribution is 2.35. The van der Waals surface area contributed by atoms with Crippen LogP contribution >= 0.6 is 34.5 Å². The standard InChI is InChI=1S/C20H16Cl2FNOS/c21-14-3-7-17(18(22)11-14)19-8-6-16(26-19)12-20(25)24-10-9-13-1-4-15(23)5-2-13/h1-8,11H,9-10,12H2,(H,24,25). The molecule has 1 amide bonds. The third kappa shape index (κ3) is 5.07. The van der Waals surface area contributed by atoms with Gasteiger partial charge in [0.05, 0.1) is 11.4 Å². The molecule has 0 saturated heterocycles. The van der Waals surface area contributed by atoms with Gasteiger partial charge in [0.15, 0.2) is 0 Å². The molecule has 0 bridgehead atoms. The second-order valence-corrected chi connectivity index (χ2v) is 7.81. The van der Waals surface area contributed by atoms with E-state index in [1.807, 2.05) is 18.2 Å². The molecule has 0 fully saturated rings. The zero-order chi connectivity index (χ0) is 18.5. The van der Waals surface area contributed by atoms with Gasteiger partial charge in [-0.1, -0.05) is 41.4 Å². The largest absolute Gasteiger partial charge is 0.355 e. The lowest BCUT2D eigenvalue weighted by molar-refractivity contribution is -0.120. The van der Waals surface area contributed by atoms with Crippen molar-refractivity contribution in [3.8, 4) is 10.4 Å². The molecule has 0 unspecified atom stereocenters. The first-order chi connectivity index (χ1) is 12.5. The lowest BCUT2D eigenvalue weighted by atomic mass is 10.1. The molecule has 0 saturated carbocycles. The van der Waals surface area contributed by atoms with E-state index >= 15 is 0 Å². The number of hydrogen-bond donors (Lipinski definition) is 1. The Morgan fingerprint density at radius 1 is 1.04 bits per heavy atom. The molecular formula is C20H16Cl2FNOS. The molecule has 134 valence electrons.